The van der Waals surface area contributed by atoms with Crippen LogP contribution in [0.4, 0.5) is 18.9 Å². The average molecular weight is 484 g/mol. The van der Waals surface area contributed by atoms with Crippen molar-refractivity contribution in [3.63, 3.8) is 0 Å². The Morgan fingerprint density at radius 3 is 2.33 bits per heavy atom. The second-order valence-electron chi connectivity index (χ2n) is 7.08. The van der Waals surface area contributed by atoms with Gasteiger partial charge in [-0.1, -0.05) is 24.3 Å². The van der Waals surface area contributed by atoms with E-state index in [2.05, 4.69) is 31.4 Å². The lowest BCUT2D eigenvalue weighted by molar-refractivity contribution is -0.142. The van der Waals surface area contributed by atoms with Crippen LogP contribution < -0.4 is 5.32 Å². The number of nitrogens with zero attached hydrogens (tertiary/aromatic N) is 4. The minimum absolute atomic E-state index is 0.166. The molecule has 3 aromatic rings. The van der Waals surface area contributed by atoms with Crippen LogP contribution in [-0.2, 0) is 24.1 Å². The fourth-order valence-electron chi connectivity index (χ4n) is 3.15. The van der Waals surface area contributed by atoms with Crippen molar-refractivity contribution in [1.29, 1.82) is 0 Å². The highest BCUT2D eigenvalue weighted by atomic mass is 79.9. The van der Waals surface area contributed by atoms with Crippen molar-refractivity contribution in [3.05, 3.63) is 62.6 Å². The molecule has 0 saturated carbocycles. The zero-order valence-electron chi connectivity index (χ0n) is 16.9. The van der Waals surface area contributed by atoms with E-state index in [0.717, 1.165) is 21.5 Å². The number of aromatic nitrogens is 4. The summed E-state index contributed by atoms with van der Waals surface area (Å²) < 4.78 is 41.7. The molecule has 2 aromatic heterocycles. The van der Waals surface area contributed by atoms with Gasteiger partial charge < -0.3 is 5.32 Å². The van der Waals surface area contributed by atoms with Crippen LogP contribution in [0.15, 0.2) is 28.7 Å². The molecule has 3 rings (SSSR count). The molecular formula is C20H21BrF3N5O. The lowest BCUT2D eigenvalue weighted by Gasteiger charge is -2.09. The van der Waals surface area contributed by atoms with Gasteiger partial charge in [-0.15, -0.1) is 0 Å². The number of anilines is 1. The third kappa shape index (κ3) is 4.43. The quantitative estimate of drug-likeness (QED) is 0.567. The number of hydrogen-bond donors (Lipinski definition) is 1. The number of nitrogens with one attached hydrogen (secondary N) is 1. The highest BCUT2D eigenvalue weighted by molar-refractivity contribution is 9.10. The lowest BCUT2D eigenvalue weighted by Crippen LogP contribution is -2.21. The smallest absolute Gasteiger partial charge is 0.321 e. The highest BCUT2D eigenvalue weighted by Gasteiger charge is 2.38. The van der Waals surface area contributed by atoms with E-state index >= 15 is 0 Å². The van der Waals surface area contributed by atoms with Crippen molar-refractivity contribution in [2.24, 2.45) is 0 Å². The maximum atomic E-state index is 13.0. The molecular weight excluding hydrogens is 463 g/mol. The Morgan fingerprint density at radius 1 is 1.07 bits per heavy atom. The number of amides is 1. The van der Waals surface area contributed by atoms with Gasteiger partial charge in [0.15, 0.2) is 5.69 Å². The van der Waals surface area contributed by atoms with Gasteiger partial charge in [0.25, 0.3) is 0 Å². The van der Waals surface area contributed by atoms with Crippen LogP contribution in [0.5, 0.6) is 0 Å². The van der Waals surface area contributed by atoms with E-state index in [0.29, 0.717) is 17.9 Å². The normalized spacial score (nSPS) is 11.7. The topological polar surface area (TPSA) is 64.7 Å². The van der Waals surface area contributed by atoms with Crippen molar-refractivity contribution < 1.29 is 18.0 Å². The number of hydrogen-bond acceptors (Lipinski definition) is 3. The third-order valence-corrected chi connectivity index (χ3v) is 5.87. The fraction of sp³-hybridized carbons (Fsp3) is 0.350. The first-order valence-electron chi connectivity index (χ1n) is 9.17. The summed E-state index contributed by atoms with van der Waals surface area (Å²) in [5.41, 5.74) is 3.36. The molecule has 0 aliphatic carbocycles. The number of alkyl halides is 3. The Labute approximate surface area is 180 Å². The Kier molecular flexibility index (Phi) is 6.07. The van der Waals surface area contributed by atoms with Gasteiger partial charge in [-0.3, -0.25) is 14.2 Å². The molecule has 0 aliphatic heterocycles. The van der Waals surface area contributed by atoms with Gasteiger partial charge in [-0.05, 0) is 54.8 Å². The van der Waals surface area contributed by atoms with Crippen LogP contribution in [0.1, 0.15) is 33.9 Å². The molecule has 0 atom stereocenters. The summed E-state index contributed by atoms with van der Waals surface area (Å²) in [5, 5.41) is 10.8. The second kappa shape index (κ2) is 8.25. The fourth-order valence-corrected chi connectivity index (χ4v) is 3.66. The van der Waals surface area contributed by atoms with E-state index in [9.17, 15) is 18.0 Å². The van der Waals surface area contributed by atoms with Crippen molar-refractivity contribution in [2.75, 3.05) is 5.32 Å². The molecule has 0 unspecified atom stereocenters. The summed E-state index contributed by atoms with van der Waals surface area (Å²) in [7, 11) is 0. The summed E-state index contributed by atoms with van der Waals surface area (Å²) in [5.74, 6) is -0.483. The van der Waals surface area contributed by atoms with Gasteiger partial charge in [0.1, 0.15) is 6.54 Å². The number of halogens is 4. The Balaban J connectivity index is 1.78. The number of aryl methyl sites for hydroxylation is 2. The first-order chi connectivity index (χ1) is 14.0. The minimum atomic E-state index is -4.60. The predicted molar refractivity (Wildman–Crippen MR) is 110 cm³/mol. The molecule has 10 heteroatoms. The van der Waals surface area contributed by atoms with Gasteiger partial charge in [-0.25, -0.2) is 0 Å². The molecule has 1 amide bonds. The summed E-state index contributed by atoms with van der Waals surface area (Å²) >= 11 is 2.91. The maximum absolute atomic E-state index is 13.0. The SMILES string of the molecule is Cc1ccccc1Cn1nc(C)c(NC(=O)Cn2nc(C(F)(F)F)c(Br)c2C)c1C. The standard InChI is InChI=1S/C20H21BrF3N5O/c1-11-7-5-6-8-15(11)9-28-14(4)18(12(2)26-28)25-16(30)10-29-13(3)17(21)19(27-29)20(22,23)24/h5-8H,9-10H2,1-4H3,(H,25,30). The van der Waals surface area contributed by atoms with E-state index in [1.165, 1.54) is 6.92 Å². The summed E-state index contributed by atoms with van der Waals surface area (Å²) in [6.07, 6.45) is -4.60. The Bertz CT molecular complexity index is 1100. The second-order valence-corrected chi connectivity index (χ2v) is 7.87. The molecule has 0 fully saturated rings. The van der Waals surface area contributed by atoms with Gasteiger partial charge in [-0.2, -0.15) is 23.4 Å². The largest absolute Gasteiger partial charge is 0.436 e. The summed E-state index contributed by atoms with van der Waals surface area (Å²) in [6.45, 7) is 7.30. The van der Waals surface area contributed by atoms with E-state index < -0.39 is 17.8 Å². The molecule has 2 heterocycles. The first kappa shape index (κ1) is 22.1. The maximum Gasteiger partial charge on any atom is 0.436 e. The van der Waals surface area contributed by atoms with Gasteiger partial charge in [0.05, 0.1) is 33.8 Å². The van der Waals surface area contributed by atoms with Crippen LogP contribution in [0.3, 0.4) is 0 Å². The molecule has 0 radical (unpaired) electrons. The van der Waals surface area contributed by atoms with Crippen molar-refractivity contribution in [1.82, 2.24) is 19.6 Å². The average Bonchev–Trinajstić information content (AvgIpc) is 3.08. The molecule has 160 valence electrons. The monoisotopic (exact) mass is 483 g/mol. The molecule has 0 saturated heterocycles. The van der Waals surface area contributed by atoms with Gasteiger partial charge in [0.2, 0.25) is 5.91 Å². The Morgan fingerprint density at radius 2 is 1.73 bits per heavy atom. The van der Waals surface area contributed by atoms with Crippen LogP contribution in [-0.4, -0.2) is 25.5 Å². The van der Waals surface area contributed by atoms with Crippen LogP contribution in [0.2, 0.25) is 0 Å². The number of carbonyl (C=O) groups excluding carboxylic acids is 1. The number of benzene rings is 1. The first-order valence-corrected chi connectivity index (χ1v) is 9.96. The molecule has 0 bridgehead atoms. The molecule has 1 N–H and O–H groups in total. The van der Waals surface area contributed by atoms with Crippen LogP contribution in [0.25, 0.3) is 0 Å². The van der Waals surface area contributed by atoms with E-state index in [4.69, 9.17) is 0 Å². The zero-order valence-corrected chi connectivity index (χ0v) is 18.5. The third-order valence-electron chi connectivity index (χ3n) is 4.92. The minimum Gasteiger partial charge on any atom is -0.321 e. The van der Waals surface area contributed by atoms with Crippen molar-refractivity contribution >= 4 is 27.5 Å². The van der Waals surface area contributed by atoms with E-state index in [1.807, 2.05) is 38.1 Å². The van der Waals surface area contributed by atoms with E-state index in [-0.39, 0.29) is 16.7 Å². The molecule has 30 heavy (non-hydrogen) atoms. The number of carbonyl (C=O) groups is 1. The van der Waals surface area contributed by atoms with Crippen LogP contribution in [0, 0.1) is 27.7 Å². The van der Waals surface area contributed by atoms with Crippen molar-refractivity contribution in [3.8, 4) is 0 Å². The zero-order chi connectivity index (χ0) is 22.2. The lowest BCUT2D eigenvalue weighted by atomic mass is 10.1. The molecule has 1 aromatic carbocycles. The Hall–Kier alpha value is -2.62. The van der Waals surface area contributed by atoms with E-state index in [1.54, 1.807) is 11.6 Å². The van der Waals surface area contributed by atoms with Crippen molar-refractivity contribution in [2.45, 2.75) is 47.0 Å². The van der Waals surface area contributed by atoms with Gasteiger partial charge in [0, 0.05) is 0 Å². The predicted octanol–water partition coefficient (Wildman–Crippen LogP) is 4.78. The molecule has 6 nitrogen and oxygen atoms in total. The number of rotatable bonds is 5. The molecule has 0 spiro atoms. The summed E-state index contributed by atoms with van der Waals surface area (Å²) in [4.78, 5) is 12.5. The molecule has 0 aliphatic rings. The highest BCUT2D eigenvalue weighted by Crippen LogP contribution is 2.35. The summed E-state index contributed by atoms with van der Waals surface area (Å²) in [6, 6.07) is 7.95. The van der Waals surface area contributed by atoms with Crippen LogP contribution >= 0.6 is 15.9 Å². The van der Waals surface area contributed by atoms with Gasteiger partial charge >= 0.3 is 6.18 Å².